The predicted molar refractivity (Wildman–Crippen MR) is 316 cm³/mol. The molecular formula is C57H89N13O17. The van der Waals surface area contributed by atoms with Crippen molar-refractivity contribution in [3.63, 3.8) is 0 Å². The van der Waals surface area contributed by atoms with E-state index in [0.717, 1.165) is 6.92 Å². The average Bonchev–Trinajstić information content (AvgIpc) is 3.20. The number of aliphatic imine (C=N–C) groups is 1. The molecule has 30 heteroatoms. The SMILES string of the molecule is CCC[C@H](NC(=O)[C@@H](NC(=O)[C@@H](NC(=O)OCc1ccccc1)[C@H](NC(=O)OC(C)(C)C)c1ccccc1)[C@H](O)C(C)C)C(=O)N[C@H](CCCN=C(N)N)C(=O)N[C@H](C(=O)N[C@H](C(=O)NCC(=O)N[C@@H](C)C(=O)N[C@@H](CO)C(=O)O)[C@H](C)O)[C@@H](C)CC. The Morgan fingerprint density at radius 2 is 1.13 bits per heavy atom. The summed E-state index contributed by atoms with van der Waals surface area (Å²) in [5.41, 5.74) is 11.0. The van der Waals surface area contributed by atoms with Crippen molar-refractivity contribution in [1.29, 1.82) is 0 Å². The molecule has 0 fully saturated rings. The van der Waals surface area contributed by atoms with E-state index in [4.69, 9.17) is 26.0 Å². The van der Waals surface area contributed by atoms with Crippen LogP contribution in [0.2, 0.25) is 0 Å². The van der Waals surface area contributed by atoms with E-state index in [9.17, 15) is 68.1 Å². The van der Waals surface area contributed by atoms with Gasteiger partial charge < -0.3 is 94.5 Å². The quantitative estimate of drug-likeness (QED) is 0.0211. The number of hydrogen-bond acceptors (Lipinski definition) is 17. The zero-order chi connectivity index (χ0) is 65.7. The lowest BCUT2D eigenvalue weighted by molar-refractivity contribution is -0.143. The summed E-state index contributed by atoms with van der Waals surface area (Å²) >= 11 is 0. The molecule has 0 aliphatic carbocycles. The van der Waals surface area contributed by atoms with Gasteiger partial charge in [0, 0.05) is 6.54 Å². The molecule has 12 atom stereocenters. The number of aliphatic hydroxyl groups is 3. The van der Waals surface area contributed by atoms with Crippen LogP contribution in [-0.2, 0) is 59.2 Å². The maximum absolute atomic E-state index is 14.8. The first-order chi connectivity index (χ1) is 40.8. The third-order valence-corrected chi connectivity index (χ3v) is 13.2. The van der Waals surface area contributed by atoms with Crippen molar-refractivity contribution >= 4 is 71.4 Å². The molecule has 0 unspecified atom stereocenters. The van der Waals surface area contributed by atoms with Crippen LogP contribution in [0.25, 0.3) is 0 Å². The Morgan fingerprint density at radius 3 is 1.67 bits per heavy atom. The molecule has 0 bridgehead atoms. The lowest BCUT2D eigenvalue weighted by Gasteiger charge is -2.33. The van der Waals surface area contributed by atoms with E-state index in [1.165, 1.54) is 6.92 Å². The number of aliphatic hydroxyl groups excluding tert-OH is 3. The summed E-state index contributed by atoms with van der Waals surface area (Å²) in [4.78, 5) is 153. The zero-order valence-electron chi connectivity index (χ0n) is 50.8. The van der Waals surface area contributed by atoms with Crippen LogP contribution < -0.4 is 64.6 Å². The Morgan fingerprint density at radius 1 is 0.598 bits per heavy atom. The van der Waals surface area contributed by atoms with Gasteiger partial charge in [0.05, 0.1) is 31.4 Å². The highest BCUT2D eigenvalue weighted by atomic mass is 16.6. The molecule has 2 rings (SSSR count). The molecule has 10 amide bonds. The molecule has 2 aromatic carbocycles. The van der Waals surface area contributed by atoms with Gasteiger partial charge in [-0.05, 0) is 76.8 Å². The number of nitrogens with two attached hydrogens (primary N) is 2. The van der Waals surface area contributed by atoms with Crippen molar-refractivity contribution in [2.75, 3.05) is 19.7 Å². The van der Waals surface area contributed by atoms with Gasteiger partial charge in [0.1, 0.15) is 60.5 Å². The number of carbonyl (C=O) groups is 11. The normalized spacial score (nSPS) is 15.3. The Hall–Kier alpha value is -8.64. The van der Waals surface area contributed by atoms with Crippen molar-refractivity contribution in [3.8, 4) is 0 Å². The van der Waals surface area contributed by atoms with Gasteiger partial charge in [-0.15, -0.1) is 0 Å². The van der Waals surface area contributed by atoms with Crippen LogP contribution in [0.15, 0.2) is 65.7 Å². The van der Waals surface area contributed by atoms with Crippen molar-refractivity contribution in [3.05, 3.63) is 71.8 Å². The number of guanidine groups is 1. The molecule has 18 N–H and O–H groups in total. The van der Waals surface area contributed by atoms with E-state index in [2.05, 4.69) is 52.8 Å². The lowest BCUT2D eigenvalue weighted by Crippen LogP contribution is -2.63. The molecule has 2 aromatic rings. The maximum atomic E-state index is 14.8. The lowest BCUT2D eigenvalue weighted by atomic mass is 9.95. The Balaban J connectivity index is 2.50. The van der Waals surface area contributed by atoms with Gasteiger partial charge in [0.2, 0.25) is 47.3 Å². The summed E-state index contributed by atoms with van der Waals surface area (Å²) in [6.45, 7) is 13.3. The third kappa shape index (κ3) is 26.7. The Kier molecular flexibility index (Phi) is 31.7. The van der Waals surface area contributed by atoms with Crippen LogP contribution in [0.3, 0.4) is 0 Å². The first-order valence-electron chi connectivity index (χ1n) is 28.5. The molecule has 30 nitrogen and oxygen atoms in total. The van der Waals surface area contributed by atoms with Crippen LogP contribution in [0, 0.1) is 11.8 Å². The summed E-state index contributed by atoms with van der Waals surface area (Å²) < 4.78 is 11.0. The molecule has 0 spiro atoms. The fourth-order valence-electron chi connectivity index (χ4n) is 8.17. The van der Waals surface area contributed by atoms with E-state index < -0.39 is 163 Å². The first kappa shape index (κ1) is 74.5. The highest BCUT2D eigenvalue weighted by Crippen LogP contribution is 2.21. The van der Waals surface area contributed by atoms with Crippen LogP contribution in [-0.4, -0.2) is 178 Å². The standard InChI is InChI=1S/C57H89N13O17/c1-11-20-36(64-52(81)44(45(74)30(3)4)68-51(80)43(70-55(84)86-29-34-21-15-13-16-22-34)42(35-23-17-14-18-24-35)69-56(85)87-57(8,9)10)47(76)63-37(25-19-26-60-54(58)59)48(77)66-40(31(5)12-2)50(79)67-41(33(7)72)49(78)61-27-39(73)62-32(6)46(75)65-38(28-71)53(82)83/h13-18,21-24,30-33,36-38,40-45,71-72,74H,11-12,19-20,25-29H2,1-10H3,(H,61,78)(H,62,73)(H,63,76)(H,64,81)(H,65,75)(H,66,77)(H,67,79)(H,68,80)(H,69,85)(H,70,84)(H,82,83)(H4,58,59,60)/t31-,32-,33-,36-,37+,38-,40-,41-,42+,43-,44-,45+/m0/s1. The number of benzene rings is 2. The number of amides is 10. The second-order valence-electron chi connectivity index (χ2n) is 22.0. The number of aliphatic carboxylic acids is 1. The van der Waals surface area contributed by atoms with Crippen molar-refractivity contribution in [2.24, 2.45) is 28.3 Å². The number of ether oxygens (including phenoxy) is 2. The maximum Gasteiger partial charge on any atom is 0.408 e. The van der Waals surface area contributed by atoms with E-state index >= 15 is 0 Å². The van der Waals surface area contributed by atoms with Crippen LogP contribution in [0.5, 0.6) is 0 Å². The molecule has 0 saturated carbocycles. The van der Waals surface area contributed by atoms with Crippen LogP contribution in [0.4, 0.5) is 9.59 Å². The summed E-state index contributed by atoms with van der Waals surface area (Å²) in [7, 11) is 0. The van der Waals surface area contributed by atoms with Crippen molar-refractivity contribution in [1.82, 2.24) is 53.2 Å². The van der Waals surface area contributed by atoms with E-state index in [-0.39, 0.29) is 51.2 Å². The van der Waals surface area contributed by atoms with Crippen LogP contribution >= 0.6 is 0 Å². The minimum Gasteiger partial charge on any atom is -0.480 e. The molecule has 0 aliphatic rings. The zero-order valence-corrected chi connectivity index (χ0v) is 50.8. The highest BCUT2D eigenvalue weighted by molar-refractivity contribution is 5.98. The minimum atomic E-state index is -1.85. The van der Waals surface area contributed by atoms with E-state index in [1.807, 2.05) is 5.32 Å². The predicted octanol–water partition coefficient (Wildman–Crippen LogP) is -1.55. The van der Waals surface area contributed by atoms with Crippen LogP contribution in [0.1, 0.15) is 119 Å². The molecule has 484 valence electrons. The highest BCUT2D eigenvalue weighted by Gasteiger charge is 2.41. The fraction of sp³-hybridized carbons (Fsp3) is 0.579. The molecule has 0 aromatic heterocycles. The van der Waals surface area contributed by atoms with Gasteiger partial charge in [0.25, 0.3) is 0 Å². The second kappa shape index (κ2) is 37.0. The van der Waals surface area contributed by atoms with Gasteiger partial charge in [-0.25, -0.2) is 14.4 Å². The van der Waals surface area contributed by atoms with Gasteiger partial charge in [-0.3, -0.25) is 43.3 Å². The number of hydrogen-bond donors (Lipinski definition) is 16. The number of nitrogens with zero attached hydrogens (tertiary/aromatic N) is 1. The molecule has 0 radical (unpaired) electrons. The second-order valence-corrected chi connectivity index (χ2v) is 22.0. The van der Waals surface area contributed by atoms with Gasteiger partial charge in [0.15, 0.2) is 5.96 Å². The van der Waals surface area contributed by atoms with E-state index in [0.29, 0.717) is 11.1 Å². The number of rotatable bonds is 35. The topological polar surface area (TPSA) is 472 Å². The smallest absolute Gasteiger partial charge is 0.408 e. The summed E-state index contributed by atoms with van der Waals surface area (Å²) in [6.07, 6.45) is -4.97. The van der Waals surface area contributed by atoms with Crippen molar-refractivity contribution < 1.29 is 82.6 Å². The first-order valence-corrected chi connectivity index (χ1v) is 28.5. The summed E-state index contributed by atoms with van der Waals surface area (Å²) in [5.74, 6) is -11.2. The van der Waals surface area contributed by atoms with Crippen molar-refractivity contribution in [2.45, 2.75) is 180 Å². The number of carbonyl (C=O) groups excluding carboxylic acids is 10. The monoisotopic (exact) mass is 1230 g/mol. The molecule has 0 saturated heterocycles. The Bertz CT molecular complexity index is 2640. The van der Waals surface area contributed by atoms with E-state index in [1.54, 1.807) is 116 Å². The minimum absolute atomic E-state index is 0.0237. The average molecular weight is 1230 g/mol. The molecule has 0 aliphatic heterocycles. The number of nitrogens with one attached hydrogen (secondary N) is 10. The van der Waals surface area contributed by atoms with Gasteiger partial charge in [-0.2, -0.15) is 0 Å². The molecule has 87 heavy (non-hydrogen) atoms. The molecule has 0 heterocycles. The largest absolute Gasteiger partial charge is 0.480 e. The number of carboxylic acids is 1. The summed E-state index contributed by atoms with van der Waals surface area (Å²) in [6, 6.07) is 2.55. The summed E-state index contributed by atoms with van der Waals surface area (Å²) in [5, 5.41) is 64.9. The van der Waals surface area contributed by atoms with Gasteiger partial charge >= 0.3 is 18.2 Å². The fourth-order valence-corrected chi connectivity index (χ4v) is 8.17. The number of alkyl carbamates (subject to hydrolysis) is 2. The Labute approximate surface area is 505 Å². The molecular weight excluding hydrogens is 1140 g/mol. The van der Waals surface area contributed by atoms with Gasteiger partial charge in [-0.1, -0.05) is 108 Å². The number of carboxylic acid groups (broad SMARTS) is 1. The third-order valence-electron chi connectivity index (χ3n) is 13.2.